The lowest BCUT2D eigenvalue weighted by atomic mass is 10.2. The van der Waals surface area contributed by atoms with E-state index in [1.165, 1.54) is 6.33 Å². The standard InChI is InChI=1S/C19H17N5OS/c1-2-3-14-12-18(24-19(23-14)21-13-22-24)25-15-4-6-16(7-5-15)26-17-8-10-20-11-9-17/h4-13H,2-3H2,1H3. The first-order valence-corrected chi connectivity index (χ1v) is 9.19. The van der Waals surface area contributed by atoms with E-state index in [1.807, 2.05) is 42.5 Å². The number of ether oxygens (including phenoxy) is 1. The van der Waals surface area contributed by atoms with Gasteiger partial charge in [0.15, 0.2) is 0 Å². The topological polar surface area (TPSA) is 65.2 Å². The van der Waals surface area contributed by atoms with Gasteiger partial charge in [0, 0.05) is 33.9 Å². The summed E-state index contributed by atoms with van der Waals surface area (Å²) < 4.78 is 7.65. The van der Waals surface area contributed by atoms with E-state index >= 15 is 0 Å². The summed E-state index contributed by atoms with van der Waals surface area (Å²) in [6.45, 7) is 2.12. The average Bonchev–Trinajstić information content (AvgIpc) is 3.13. The fourth-order valence-electron chi connectivity index (χ4n) is 2.53. The van der Waals surface area contributed by atoms with Crippen molar-refractivity contribution in [3.05, 3.63) is 66.9 Å². The van der Waals surface area contributed by atoms with Crippen LogP contribution in [-0.4, -0.2) is 24.6 Å². The Balaban J connectivity index is 1.55. The van der Waals surface area contributed by atoms with Gasteiger partial charge in [-0.05, 0) is 42.8 Å². The molecule has 0 saturated heterocycles. The third kappa shape index (κ3) is 3.67. The van der Waals surface area contributed by atoms with Crippen LogP contribution in [0, 0.1) is 0 Å². The molecule has 0 saturated carbocycles. The molecule has 0 atom stereocenters. The van der Waals surface area contributed by atoms with E-state index in [9.17, 15) is 0 Å². The summed E-state index contributed by atoms with van der Waals surface area (Å²) in [5, 5.41) is 4.20. The van der Waals surface area contributed by atoms with E-state index in [1.54, 1.807) is 28.7 Å². The molecule has 26 heavy (non-hydrogen) atoms. The zero-order valence-electron chi connectivity index (χ0n) is 14.2. The van der Waals surface area contributed by atoms with Gasteiger partial charge in [-0.1, -0.05) is 25.1 Å². The third-order valence-corrected chi connectivity index (χ3v) is 4.73. The average molecular weight is 363 g/mol. The minimum absolute atomic E-state index is 0.552. The van der Waals surface area contributed by atoms with Gasteiger partial charge in [0.25, 0.3) is 5.78 Å². The molecule has 3 heterocycles. The van der Waals surface area contributed by atoms with Crippen LogP contribution in [0.15, 0.2) is 71.0 Å². The van der Waals surface area contributed by atoms with Crippen LogP contribution in [0.4, 0.5) is 0 Å². The number of benzene rings is 1. The molecule has 4 rings (SSSR count). The first kappa shape index (κ1) is 16.5. The van der Waals surface area contributed by atoms with Crippen LogP contribution in [0.5, 0.6) is 11.6 Å². The summed E-state index contributed by atoms with van der Waals surface area (Å²) >= 11 is 1.68. The quantitative estimate of drug-likeness (QED) is 0.505. The van der Waals surface area contributed by atoms with E-state index in [0.29, 0.717) is 11.7 Å². The molecule has 6 nitrogen and oxygen atoms in total. The minimum atomic E-state index is 0.552. The molecule has 0 amide bonds. The molecular formula is C19H17N5OS. The number of rotatable bonds is 6. The maximum atomic E-state index is 6.04. The fraction of sp³-hybridized carbons (Fsp3) is 0.158. The van der Waals surface area contributed by atoms with Gasteiger partial charge in [-0.25, -0.2) is 4.98 Å². The third-order valence-electron chi connectivity index (χ3n) is 3.71. The summed E-state index contributed by atoms with van der Waals surface area (Å²) in [6, 6.07) is 13.9. The maximum absolute atomic E-state index is 6.04. The van der Waals surface area contributed by atoms with E-state index < -0.39 is 0 Å². The summed E-state index contributed by atoms with van der Waals surface area (Å²) in [5.41, 5.74) is 0.952. The number of aryl methyl sites for hydroxylation is 1. The summed E-state index contributed by atoms with van der Waals surface area (Å²) in [5.74, 6) is 1.91. The second-order valence-electron chi connectivity index (χ2n) is 5.67. The van der Waals surface area contributed by atoms with E-state index in [2.05, 4.69) is 27.0 Å². The maximum Gasteiger partial charge on any atom is 0.255 e. The second-order valence-corrected chi connectivity index (χ2v) is 6.81. The van der Waals surface area contributed by atoms with Crippen LogP contribution in [0.2, 0.25) is 0 Å². The SMILES string of the molecule is CCCc1cc(Oc2ccc(Sc3ccncc3)cc2)n2ncnc2n1. The Hall–Kier alpha value is -2.93. The largest absolute Gasteiger partial charge is 0.439 e. The Labute approximate surface area is 155 Å². The molecule has 0 radical (unpaired) electrons. The number of pyridine rings is 1. The lowest BCUT2D eigenvalue weighted by molar-refractivity contribution is 0.444. The van der Waals surface area contributed by atoms with Crippen LogP contribution in [0.3, 0.4) is 0 Å². The molecule has 3 aromatic heterocycles. The molecule has 0 unspecified atom stereocenters. The first-order valence-electron chi connectivity index (χ1n) is 8.37. The summed E-state index contributed by atoms with van der Waals surface area (Å²) in [6.07, 6.45) is 6.96. The van der Waals surface area contributed by atoms with Gasteiger partial charge >= 0.3 is 0 Å². The smallest absolute Gasteiger partial charge is 0.255 e. The van der Waals surface area contributed by atoms with Crippen molar-refractivity contribution in [3.63, 3.8) is 0 Å². The molecule has 0 aliphatic heterocycles. The number of nitrogens with zero attached hydrogens (tertiary/aromatic N) is 5. The van der Waals surface area contributed by atoms with Crippen molar-refractivity contribution in [1.29, 1.82) is 0 Å². The van der Waals surface area contributed by atoms with Crippen molar-refractivity contribution >= 4 is 17.5 Å². The van der Waals surface area contributed by atoms with Crippen LogP contribution >= 0.6 is 11.8 Å². The molecule has 0 aliphatic carbocycles. The lowest BCUT2D eigenvalue weighted by Gasteiger charge is -2.09. The van der Waals surface area contributed by atoms with Crippen molar-refractivity contribution in [2.45, 2.75) is 29.6 Å². The Bertz CT molecular complexity index is 1000. The normalized spacial score (nSPS) is 11.0. The van der Waals surface area contributed by atoms with Crippen molar-refractivity contribution in [2.24, 2.45) is 0 Å². The molecule has 0 aliphatic rings. The first-order chi connectivity index (χ1) is 12.8. The van der Waals surface area contributed by atoms with Crippen molar-refractivity contribution < 1.29 is 4.74 Å². The molecule has 0 N–H and O–H groups in total. The fourth-order valence-corrected chi connectivity index (χ4v) is 3.33. The lowest BCUT2D eigenvalue weighted by Crippen LogP contribution is -2.01. The summed E-state index contributed by atoms with van der Waals surface area (Å²) in [4.78, 5) is 15.0. The van der Waals surface area contributed by atoms with Gasteiger partial charge in [0.05, 0.1) is 0 Å². The highest BCUT2D eigenvalue weighted by molar-refractivity contribution is 7.99. The zero-order chi connectivity index (χ0) is 17.8. The number of aromatic nitrogens is 5. The van der Waals surface area contributed by atoms with Crippen molar-refractivity contribution in [3.8, 4) is 11.6 Å². The van der Waals surface area contributed by atoms with Crippen molar-refractivity contribution in [2.75, 3.05) is 0 Å². The molecule has 0 fully saturated rings. The van der Waals surface area contributed by atoms with Gasteiger partial charge in [0.1, 0.15) is 12.1 Å². The molecule has 4 aromatic rings. The van der Waals surface area contributed by atoms with Gasteiger partial charge in [-0.3, -0.25) is 4.98 Å². The highest BCUT2D eigenvalue weighted by Crippen LogP contribution is 2.30. The Morgan fingerprint density at radius 2 is 1.81 bits per heavy atom. The van der Waals surface area contributed by atoms with Crippen molar-refractivity contribution in [1.82, 2.24) is 24.6 Å². The molecular weight excluding hydrogens is 346 g/mol. The monoisotopic (exact) mass is 363 g/mol. The Morgan fingerprint density at radius 1 is 1.04 bits per heavy atom. The van der Waals surface area contributed by atoms with Gasteiger partial charge in [0.2, 0.25) is 5.88 Å². The van der Waals surface area contributed by atoms with E-state index in [4.69, 9.17) is 4.74 Å². The van der Waals surface area contributed by atoms with E-state index in [0.717, 1.165) is 34.1 Å². The molecule has 7 heteroatoms. The van der Waals surface area contributed by atoms with Gasteiger partial charge < -0.3 is 4.74 Å². The van der Waals surface area contributed by atoms with Crippen LogP contribution < -0.4 is 4.74 Å². The Morgan fingerprint density at radius 3 is 2.58 bits per heavy atom. The predicted octanol–water partition coefficient (Wildman–Crippen LogP) is 4.42. The zero-order valence-corrected chi connectivity index (χ0v) is 15.1. The van der Waals surface area contributed by atoms with Crippen LogP contribution in [-0.2, 0) is 6.42 Å². The van der Waals surface area contributed by atoms with Gasteiger partial charge in [-0.15, -0.1) is 0 Å². The summed E-state index contributed by atoms with van der Waals surface area (Å²) in [7, 11) is 0. The highest BCUT2D eigenvalue weighted by atomic mass is 32.2. The molecule has 1 aromatic carbocycles. The highest BCUT2D eigenvalue weighted by Gasteiger charge is 2.09. The minimum Gasteiger partial charge on any atom is -0.439 e. The molecule has 0 spiro atoms. The van der Waals surface area contributed by atoms with Gasteiger partial charge in [-0.2, -0.15) is 14.6 Å². The van der Waals surface area contributed by atoms with E-state index in [-0.39, 0.29) is 0 Å². The predicted molar refractivity (Wildman–Crippen MR) is 99.7 cm³/mol. The number of hydrogen-bond acceptors (Lipinski definition) is 6. The van der Waals surface area contributed by atoms with Crippen LogP contribution in [0.1, 0.15) is 19.0 Å². The second kappa shape index (κ2) is 7.53. The molecule has 0 bridgehead atoms. The Kier molecular flexibility index (Phi) is 4.79. The van der Waals surface area contributed by atoms with Crippen LogP contribution in [0.25, 0.3) is 5.78 Å². The molecule has 130 valence electrons. The number of hydrogen-bond donors (Lipinski definition) is 0. The number of fused-ring (bicyclic) bond motifs is 1.